The first kappa shape index (κ1) is 14.9. The molecule has 0 spiro atoms. The molecule has 1 fully saturated rings. The molecule has 0 atom stereocenters. The molecule has 2 aliphatic rings. The molecule has 3 rings (SSSR count). The number of guanidine groups is 1. The number of aryl methyl sites for hydroxylation is 2. The van der Waals surface area contributed by atoms with Crippen molar-refractivity contribution in [1.29, 1.82) is 5.26 Å². The predicted molar refractivity (Wildman–Crippen MR) is 89.6 cm³/mol. The fourth-order valence-electron chi connectivity index (χ4n) is 3.54. The van der Waals surface area contributed by atoms with Crippen LogP contribution in [-0.4, -0.2) is 12.5 Å². The fraction of sp³-hybridized carbons (Fsp3) is 0.556. The van der Waals surface area contributed by atoms with Crippen LogP contribution in [0.15, 0.2) is 23.2 Å². The molecule has 2 aliphatic carbocycles. The van der Waals surface area contributed by atoms with E-state index in [1.54, 1.807) is 0 Å². The molecule has 0 amide bonds. The maximum absolute atomic E-state index is 8.92. The zero-order valence-electron chi connectivity index (χ0n) is 13.0. The summed E-state index contributed by atoms with van der Waals surface area (Å²) in [6.07, 6.45) is 7.83. The Morgan fingerprint density at radius 2 is 2.00 bits per heavy atom. The number of hydrogen-bond donors (Lipinski definition) is 2. The Hall–Kier alpha value is -2.02. The summed E-state index contributed by atoms with van der Waals surface area (Å²) in [4.78, 5) is 4.49. The molecule has 116 valence electrons. The van der Waals surface area contributed by atoms with E-state index in [1.165, 1.54) is 30.4 Å². The minimum Gasteiger partial charge on any atom is -0.370 e. The monoisotopic (exact) mass is 296 g/mol. The molecule has 0 aliphatic heterocycles. The average Bonchev–Trinajstić information content (AvgIpc) is 3.01. The van der Waals surface area contributed by atoms with Crippen LogP contribution in [0.5, 0.6) is 0 Å². The summed E-state index contributed by atoms with van der Waals surface area (Å²) in [5.74, 6) is 1.33. The summed E-state index contributed by atoms with van der Waals surface area (Å²) >= 11 is 0. The topological polar surface area (TPSA) is 74.2 Å². The minimum absolute atomic E-state index is 0.252. The third kappa shape index (κ3) is 3.59. The number of rotatable bonds is 3. The van der Waals surface area contributed by atoms with E-state index < -0.39 is 0 Å². The van der Waals surface area contributed by atoms with Crippen molar-refractivity contribution in [2.45, 2.75) is 44.9 Å². The van der Waals surface area contributed by atoms with Gasteiger partial charge in [-0.25, -0.2) is 0 Å². The number of benzene rings is 1. The van der Waals surface area contributed by atoms with Gasteiger partial charge in [0.2, 0.25) is 0 Å². The largest absolute Gasteiger partial charge is 0.370 e. The van der Waals surface area contributed by atoms with Crippen molar-refractivity contribution in [2.24, 2.45) is 22.6 Å². The van der Waals surface area contributed by atoms with Crippen molar-refractivity contribution in [2.75, 3.05) is 11.9 Å². The lowest BCUT2D eigenvalue weighted by Crippen LogP contribution is -2.24. The molecular formula is C18H24N4. The number of hydrogen-bond acceptors (Lipinski definition) is 2. The van der Waals surface area contributed by atoms with Gasteiger partial charge in [-0.15, -0.1) is 0 Å². The third-order valence-electron chi connectivity index (χ3n) is 4.92. The first-order valence-electron chi connectivity index (χ1n) is 8.33. The lowest BCUT2D eigenvalue weighted by Gasteiger charge is -2.23. The van der Waals surface area contributed by atoms with Crippen LogP contribution in [0, 0.1) is 23.2 Å². The highest BCUT2D eigenvalue weighted by molar-refractivity contribution is 5.92. The second-order valence-electron chi connectivity index (χ2n) is 6.53. The van der Waals surface area contributed by atoms with Crippen molar-refractivity contribution in [3.05, 3.63) is 29.3 Å². The van der Waals surface area contributed by atoms with Crippen LogP contribution in [-0.2, 0) is 12.8 Å². The number of nitrogens with one attached hydrogen (secondary N) is 1. The van der Waals surface area contributed by atoms with Crippen LogP contribution in [0.25, 0.3) is 0 Å². The van der Waals surface area contributed by atoms with Crippen LogP contribution >= 0.6 is 0 Å². The molecular weight excluding hydrogens is 272 g/mol. The molecule has 4 nitrogen and oxygen atoms in total. The van der Waals surface area contributed by atoms with E-state index in [4.69, 9.17) is 11.0 Å². The van der Waals surface area contributed by atoms with Crippen LogP contribution in [0.1, 0.15) is 43.2 Å². The molecule has 0 heterocycles. The van der Waals surface area contributed by atoms with Gasteiger partial charge < -0.3 is 11.1 Å². The van der Waals surface area contributed by atoms with Crippen LogP contribution in [0.4, 0.5) is 5.69 Å². The van der Waals surface area contributed by atoms with Gasteiger partial charge in [-0.3, -0.25) is 4.99 Å². The highest BCUT2D eigenvalue weighted by Crippen LogP contribution is 2.28. The Labute approximate surface area is 132 Å². The molecule has 1 aromatic carbocycles. The lowest BCUT2D eigenvalue weighted by molar-refractivity contribution is 0.322. The average molecular weight is 296 g/mol. The zero-order chi connectivity index (χ0) is 15.4. The molecule has 0 radical (unpaired) electrons. The second kappa shape index (κ2) is 6.83. The van der Waals surface area contributed by atoms with Crippen molar-refractivity contribution in [3.63, 3.8) is 0 Å². The minimum atomic E-state index is 0.252. The van der Waals surface area contributed by atoms with Gasteiger partial charge in [0.25, 0.3) is 0 Å². The summed E-state index contributed by atoms with van der Waals surface area (Å²) in [6.45, 7) is 0.766. The van der Waals surface area contributed by atoms with Crippen molar-refractivity contribution in [1.82, 2.24) is 0 Å². The van der Waals surface area contributed by atoms with Crippen LogP contribution in [0.2, 0.25) is 0 Å². The standard InChI is InChI=1S/C18H24N4/c19-11-13-4-6-14(7-5-13)12-21-18(20)22-17-9-8-15-2-1-3-16(15)10-17/h8-10,13-14H,1-7,12H2,(H3,20,21,22). The molecule has 4 heteroatoms. The second-order valence-corrected chi connectivity index (χ2v) is 6.53. The Balaban J connectivity index is 1.51. The fourth-order valence-corrected chi connectivity index (χ4v) is 3.54. The van der Waals surface area contributed by atoms with Crippen LogP contribution in [0.3, 0.4) is 0 Å². The Morgan fingerprint density at radius 1 is 1.23 bits per heavy atom. The molecule has 0 bridgehead atoms. The van der Waals surface area contributed by atoms with E-state index in [0.29, 0.717) is 11.9 Å². The van der Waals surface area contributed by atoms with Gasteiger partial charge in [0.15, 0.2) is 5.96 Å². The summed E-state index contributed by atoms with van der Waals surface area (Å²) in [7, 11) is 0. The molecule has 1 aromatic rings. The number of anilines is 1. The van der Waals surface area contributed by atoms with Gasteiger partial charge in [0.1, 0.15) is 0 Å². The first-order chi connectivity index (χ1) is 10.7. The van der Waals surface area contributed by atoms with Crippen molar-refractivity contribution >= 4 is 11.6 Å². The van der Waals surface area contributed by atoms with Gasteiger partial charge in [-0.05, 0) is 74.1 Å². The Morgan fingerprint density at radius 3 is 2.77 bits per heavy atom. The lowest BCUT2D eigenvalue weighted by atomic mass is 9.83. The first-order valence-corrected chi connectivity index (χ1v) is 8.33. The third-order valence-corrected chi connectivity index (χ3v) is 4.92. The predicted octanol–water partition coefficient (Wildman–Crippen LogP) is 3.23. The van der Waals surface area contributed by atoms with Gasteiger partial charge >= 0.3 is 0 Å². The number of nitrogens with zero attached hydrogens (tertiary/aromatic N) is 2. The smallest absolute Gasteiger partial charge is 0.193 e. The van der Waals surface area contributed by atoms with Crippen molar-refractivity contribution < 1.29 is 0 Å². The highest BCUT2D eigenvalue weighted by Gasteiger charge is 2.20. The van der Waals surface area contributed by atoms with E-state index in [-0.39, 0.29) is 5.92 Å². The van der Waals surface area contributed by atoms with Gasteiger partial charge in [0.05, 0.1) is 6.07 Å². The van der Waals surface area contributed by atoms with E-state index in [1.807, 2.05) is 0 Å². The molecule has 0 unspecified atom stereocenters. The highest BCUT2D eigenvalue weighted by atomic mass is 15.1. The summed E-state index contributed by atoms with van der Waals surface area (Å²) in [5, 5.41) is 12.1. The molecule has 3 N–H and O–H groups in total. The SMILES string of the molecule is N#CC1CCC(CN=C(N)Nc2ccc3c(c2)CCC3)CC1. The quantitative estimate of drug-likeness (QED) is 0.664. The van der Waals surface area contributed by atoms with E-state index >= 15 is 0 Å². The molecule has 0 aromatic heterocycles. The van der Waals surface area contributed by atoms with Crippen molar-refractivity contribution in [3.8, 4) is 6.07 Å². The van der Waals surface area contributed by atoms with Gasteiger partial charge in [0, 0.05) is 18.2 Å². The van der Waals surface area contributed by atoms with Crippen LogP contribution < -0.4 is 11.1 Å². The summed E-state index contributed by atoms with van der Waals surface area (Å²) < 4.78 is 0. The summed E-state index contributed by atoms with van der Waals surface area (Å²) in [5.41, 5.74) is 9.95. The number of fused-ring (bicyclic) bond motifs is 1. The maximum atomic E-state index is 8.92. The van der Waals surface area contributed by atoms with E-state index in [9.17, 15) is 0 Å². The number of nitrogens with two attached hydrogens (primary N) is 1. The number of nitriles is 1. The maximum Gasteiger partial charge on any atom is 0.193 e. The normalized spacial score (nSPS) is 24.6. The van der Waals surface area contributed by atoms with E-state index in [0.717, 1.165) is 37.9 Å². The zero-order valence-corrected chi connectivity index (χ0v) is 13.0. The van der Waals surface area contributed by atoms with E-state index in [2.05, 4.69) is 34.6 Å². The summed E-state index contributed by atoms with van der Waals surface area (Å²) in [6, 6.07) is 8.85. The Kier molecular flexibility index (Phi) is 4.62. The molecule has 1 saturated carbocycles. The van der Waals surface area contributed by atoms with Gasteiger partial charge in [-0.1, -0.05) is 6.07 Å². The molecule has 0 saturated heterocycles. The van der Waals surface area contributed by atoms with Gasteiger partial charge in [-0.2, -0.15) is 5.26 Å². The molecule has 22 heavy (non-hydrogen) atoms. The Bertz CT molecular complexity index is 592. The number of aliphatic imine (C=N–C) groups is 1.